The monoisotopic (exact) mass is 275 g/mol. The fraction of sp³-hybridized carbons (Fsp3) is 0.214. The van der Waals surface area contributed by atoms with Crippen LogP contribution in [0, 0.1) is 22.9 Å². The van der Waals surface area contributed by atoms with E-state index >= 15 is 0 Å². The number of benzene rings is 1. The predicted octanol–water partition coefficient (Wildman–Crippen LogP) is 3.09. The molecule has 0 atom stereocenters. The van der Waals surface area contributed by atoms with E-state index in [0.717, 1.165) is 11.1 Å². The van der Waals surface area contributed by atoms with Gasteiger partial charge in [-0.25, -0.2) is 9.37 Å². The number of nitrogens with one attached hydrogen (secondary N) is 1. The zero-order valence-corrected chi connectivity index (χ0v) is 11.0. The van der Waals surface area contributed by atoms with E-state index in [1.807, 2.05) is 6.92 Å². The molecule has 0 amide bonds. The SMILES string of the molecule is Cc1cc(F)ccc1CCNc1cc([N+](=O)[O-])ccn1. The van der Waals surface area contributed by atoms with Crippen LogP contribution in [0.15, 0.2) is 36.5 Å². The number of halogens is 1. The second-order valence-corrected chi connectivity index (χ2v) is 4.40. The minimum absolute atomic E-state index is 0.000428. The Kier molecular flexibility index (Phi) is 4.24. The molecule has 1 aromatic heterocycles. The van der Waals surface area contributed by atoms with E-state index in [4.69, 9.17) is 0 Å². The topological polar surface area (TPSA) is 68.1 Å². The van der Waals surface area contributed by atoms with Crippen LogP contribution in [-0.2, 0) is 6.42 Å². The Morgan fingerprint density at radius 2 is 2.15 bits per heavy atom. The number of nitro groups is 1. The summed E-state index contributed by atoms with van der Waals surface area (Å²) in [5, 5.41) is 13.7. The van der Waals surface area contributed by atoms with Crippen molar-refractivity contribution in [3.05, 3.63) is 63.6 Å². The molecule has 0 unspecified atom stereocenters. The molecule has 0 saturated heterocycles. The maximum atomic E-state index is 13.0. The van der Waals surface area contributed by atoms with E-state index in [1.54, 1.807) is 6.07 Å². The molecule has 0 aliphatic heterocycles. The van der Waals surface area contributed by atoms with Gasteiger partial charge in [0.2, 0.25) is 0 Å². The van der Waals surface area contributed by atoms with Crippen LogP contribution in [0.3, 0.4) is 0 Å². The third-order valence-corrected chi connectivity index (χ3v) is 2.96. The van der Waals surface area contributed by atoms with Crippen LogP contribution in [0.4, 0.5) is 15.9 Å². The highest BCUT2D eigenvalue weighted by atomic mass is 19.1. The highest BCUT2D eigenvalue weighted by Gasteiger charge is 2.06. The number of rotatable bonds is 5. The third-order valence-electron chi connectivity index (χ3n) is 2.96. The van der Waals surface area contributed by atoms with Crippen molar-refractivity contribution >= 4 is 11.5 Å². The number of pyridine rings is 1. The summed E-state index contributed by atoms with van der Waals surface area (Å²) in [5.41, 5.74) is 1.92. The average molecular weight is 275 g/mol. The molecule has 0 aliphatic rings. The Morgan fingerprint density at radius 1 is 1.35 bits per heavy atom. The summed E-state index contributed by atoms with van der Waals surface area (Å²) in [6.07, 6.45) is 2.08. The Morgan fingerprint density at radius 3 is 2.85 bits per heavy atom. The third kappa shape index (κ3) is 3.50. The lowest BCUT2D eigenvalue weighted by Gasteiger charge is -2.08. The van der Waals surface area contributed by atoms with E-state index in [0.29, 0.717) is 18.8 Å². The lowest BCUT2D eigenvalue weighted by Crippen LogP contribution is -2.07. The summed E-state index contributed by atoms with van der Waals surface area (Å²) < 4.78 is 13.0. The van der Waals surface area contributed by atoms with Gasteiger partial charge in [0.1, 0.15) is 11.6 Å². The molecule has 0 bridgehead atoms. The van der Waals surface area contributed by atoms with Crippen LogP contribution < -0.4 is 5.32 Å². The van der Waals surface area contributed by atoms with Crippen LogP contribution >= 0.6 is 0 Å². The van der Waals surface area contributed by atoms with Crippen molar-refractivity contribution in [1.29, 1.82) is 0 Å². The number of hydrogen-bond acceptors (Lipinski definition) is 4. The Labute approximate surface area is 115 Å². The van der Waals surface area contributed by atoms with Crippen molar-refractivity contribution in [1.82, 2.24) is 4.98 Å². The maximum Gasteiger partial charge on any atom is 0.274 e. The molecular weight excluding hydrogens is 261 g/mol. The summed E-state index contributed by atoms with van der Waals surface area (Å²) >= 11 is 0. The van der Waals surface area contributed by atoms with E-state index in [9.17, 15) is 14.5 Å². The quantitative estimate of drug-likeness (QED) is 0.672. The number of anilines is 1. The smallest absolute Gasteiger partial charge is 0.274 e. The van der Waals surface area contributed by atoms with Gasteiger partial charge in [0.05, 0.1) is 11.0 Å². The minimum Gasteiger partial charge on any atom is -0.370 e. The normalized spacial score (nSPS) is 10.3. The van der Waals surface area contributed by atoms with Gasteiger partial charge in [-0.3, -0.25) is 10.1 Å². The number of hydrogen-bond donors (Lipinski definition) is 1. The van der Waals surface area contributed by atoms with Gasteiger partial charge in [0.25, 0.3) is 5.69 Å². The Balaban J connectivity index is 1.96. The van der Waals surface area contributed by atoms with Crippen LogP contribution in [0.2, 0.25) is 0 Å². The average Bonchev–Trinajstić information content (AvgIpc) is 2.41. The predicted molar refractivity (Wildman–Crippen MR) is 74.2 cm³/mol. The minimum atomic E-state index is -0.461. The van der Waals surface area contributed by atoms with Crippen LogP contribution in [0.1, 0.15) is 11.1 Å². The molecule has 2 aromatic rings. The van der Waals surface area contributed by atoms with Gasteiger partial charge in [-0.15, -0.1) is 0 Å². The van der Waals surface area contributed by atoms with Crippen molar-refractivity contribution in [3.63, 3.8) is 0 Å². The molecule has 6 heteroatoms. The van der Waals surface area contributed by atoms with Gasteiger partial charge < -0.3 is 5.32 Å². The Hall–Kier alpha value is -2.50. The summed E-state index contributed by atoms with van der Waals surface area (Å²) in [6, 6.07) is 7.38. The van der Waals surface area contributed by atoms with E-state index < -0.39 is 4.92 Å². The van der Waals surface area contributed by atoms with E-state index in [-0.39, 0.29) is 11.5 Å². The molecule has 1 heterocycles. The first-order valence-corrected chi connectivity index (χ1v) is 6.15. The van der Waals surface area contributed by atoms with Gasteiger partial charge >= 0.3 is 0 Å². The van der Waals surface area contributed by atoms with E-state index in [2.05, 4.69) is 10.3 Å². The molecule has 0 saturated carbocycles. The van der Waals surface area contributed by atoms with Crippen LogP contribution in [0.25, 0.3) is 0 Å². The molecule has 0 aliphatic carbocycles. The first kappa shape index (κ1) is 13.9. The second kappa shape index (κ2) is 6.10. The van der Waals surface area contributed by atoms with Crippen LogP contribution in [0.5, 0.6) is 0 Å². The molecule has 20 heavy (non-hydrogen) atoms. The fourth-order valence-corrected chi connectivity index (χ4v) is 1.89. The molecule has 1 aromatic carbocycles. The first-order chi connectivity index (χ1) is 9.56. The number of aryl methyl sites for hydroxylation is 1. The van der Waals surface area contributed by atoms with Crippen molar-refractivity contribution in [2.45, 2.75) is 13.3 Å². The standard InChI is InChI=1S/C14H14FN3O2/c1-10-8-12(15)3-2-11(10)4-6-16-14-9-13(18(19)20)5-7-17-14/h2-3,5,7-9H,4,6H2,1H3,(H,16,17). The molecule has 5 nitrogen and oxygen atoms in total. The molecule has 0 spiro atoms. The molecule has 0 fully saturated rings. The largest absolute Gasteiger partial charge is 0.370 e. The molecule has 0 radical (unpaired) electrons. The van der Waals surface area contributed by atoms with Gasteiger partial charge in [0, 0.05) is 18.8 Å². The van der Waals surface area contributed by atoms with Gasteiger partial charge in [-0.1, -0.05) is 6.07 Å². The lowest BCUT2D eigenvalue weighted by atomic mass is 10.1. The summed E-state index contributed by atoms with van der Waals surface area (Å²) in [7, 11) is 0. The molecule has 2 rings (SSSR count). The van der Waals surface area contributed by atoms with Crippen molar-refractivity contribution in [3.8, 4) is 0 Å². The van der Waals surface area contributed by atoms with E-state index in [1.165, 1.54) is 30.5 Å². The number of nitrogens with zero attached hydrogens (tertiary/aromatic N) is 2. The fourth-order valence-electron chi connectivity index (χ4n) is 1.89. The van der Waals surface area contributed by atoms with Gasteiger partial charge in [0.15, 0.2) is 0 Å². The highest BCUT2D eigenvalue weighted by molar-refractivity contribution is 5.44. The summed E-state index contributed by atoms with van der Waals surface area (Å²) in [6.45, 7) is 2.42. The summed E-state index contributed by atoms with van der Waals surface area (Å²) in [4.78, 5) is 14.2. The van der Waals surface area contributed by atoms with Gasteiger partial charge in [-0.2, -0.15) is 0 Å². The molecular formula is C14H14FN3O2. The number of aromatic nitrogens is 1. The maximum absolute atomic E-state index is 13.0. The second-order valence-electron chi connectivity index (χ2n) is 4.40. The molecule has 1 N–H and O–H groups in total. The van der Waals surface area contributed by atoms with Gasteiger partial charge in [-0.05, 0) is 36.6 Å². The van der Waals surface area contributed by atoms with Crippen molar-refractivity contribution in [2.75, 3.05) is 11.9 Å². The lowest BCUT2D eigenvalue weighted by molar-refractivity contribution is -0.384. The zero-order valence-electron chi connectivity index (χ0n) is 11.0. The van der Waals surface area contributed by atoms with Crippen LogP contribution in [-0.4, -0.2) is 16.5 Å². The van der Waals surface area contributed by atoms with Crippen molar-refractivity contribution < 1.29 is 9.31 Å². The Bertz CT molecular complexity index is 632. The first-order valence-electron chi connectivity index (χ1n) is 6.15. The van der Waals surface area contributed by atoms with Crippen molar-refractivity contribution in [2.24, 2.45) is 0 Å². The molecule has 104 valence electrons. The zero-order chi connectivity index (χ0) is 14.5. The summed E-state index contributed by atoms with van der Waals surface area (Å²) in [5.74, 6) is 0.207. The highest BCUT2D eigenvalue weighted by Crippen LogP contribution is 2.15.